The average molecular weight is 284 g/mol. The van der Waals surface area contributed by atoms with E-state index in [1.54, 1.807) is 10.9 Å². The number of nitrogens with one attached hydrogen (secondary N) is 1. The van der Waals surface area contributed by atoms with E-state index in [0.717, 1.165) is 22.8 Å². The largest absolute Gasteiger partial charge is 0.305 e. The first-order valence-corrected chi connectivity index (χ1v) is 6.56. The van der Waals surface area contributed by atoms with Crippen LogP contribution in [-0.2, 0) is 7.05 Å². The van der Waals surface area contributed by atoms with Crippen LogP contribution in [0.15, 0.2) is 30.5 Å². The predicted molar refractivity (Wildman–Crippen MR) is 75.2 cm³/mol. The summed E-state index contributed by atoms with van der Waals surface area (Å²) in [6.45, 7) is 2.87. The molecule has 0 bridgehead atoms. The standard InChI is InChI=1S/C13H15Cl2N3/c1-3-16-12(9-6-4-5-7-10(9)14)13-11(15)8-17-18(13)2/h4-8,12,16H,3H2,1-2H3. The highest BCUT2D eigenvalue weighted by Gasteiger charge is 2.21. The van der Waals surface area contributed by atoms with Gasteiger partial charge in [-0.15, -0.1) is 0 Å². The number of hydrogen-bond acceptors (Lipinski definition) is 2. The second-order valence-corrected chi connectivity index (χ2v) is 4.83. The molecule has 0 amide bonds. The molecule has 1 atom stereocenters. The van der Waals surface area contributed by atoms with Crippen molar-refractivity contribution in [2.45, 2.75) is 13.0 Å². The minimum absolute atomic E-state index is 0.0521. The Hall–Kier alpha value is -1.03. The van der Waals surface area contributed by atoms with Gasteiger partial charge in [0.1, 0.15) is 0 Å². The first-order chi connectivity index (χ1) is 8.65. The van der Waals surface area contributed by atoms with E-state index >= 15 is 0 Å². The highest BCUT2D eigenvalue weighted by atomic mass is 35.5. The topological polar surface area (TPSA) is 29.9 Å². The summed E-state index contributed by atoms with van der Waals surface area (Å²) < 4.78 is 1.78. The van der Waals surface area contributed by atoms with Gasteiger partial charge in [-0.05, 0) is 18.2 Å². The normalized spacial score (nSPS) is 12.7. The molecule has 0 aliphatic heterocycles. The quantitative estimate of drug-likeness (QED) is 0.932. The molecular formula is C13H15Cl2N3. The molecule has 2 aromatic rings. The smallest absolute Gasteiger partial charge is 0.0837 e. The average Bonchev–Trinajstić information content (AvgIpc) is 2.68. The Morgan fingerprint density at radius 1 is 1.28 bits per heavy atom. The van der Waals surface area contributed by atoms with Gasteiger partial charge in [0, 0.05) is 12.1 Å². The molecule has 18 heavy (non-hydrogen) atoms. The summed E-state index contributed by atoms with van der Waals surface area (Å²) in [5.74, 6) is 0. The molecule has 2 rings (SSSR count). The first-order valence-electron chi connectivity index (χ1n) is 5.80. The molecule has 1 aromatic heterocycles. The number of aromatic nitrogens is 2. The zero-order valence-electron chi connectivity index (χ0n) is 10.3. The van der Waals surface area contributed by atoms with Gasteiger partial charge in [-0.3, -0.25) is 4.68 Å². The van der Waals surface area contributed by atoms with Gasteiger partial charge in [-0.2, -0.15) is 5.10 Å². The van der Waals surface area contributed by atoms with Gasteiger partial charge in [0.25, 0.3) is 0 Å². The molecule has 0 saturated carbocycles. The third kappa shape index (κ3) is 2.53. The molecule has 5 heteroatoms. The second kappa shape index (κ2) is 5.74. The van der Waals surface area contributed by atoms with Gasteiger partial charge < -0.3 is 5.32 Å². The van der Waals surface area contributed by atoms with Gasteiger partial charge in [0.05, 0.1) is 23.0 Å². The number of benzene rings is 1. The monoisotopic (exact) mass is 283 g/mol. The third-order valence-corrected chi connectivity index (χ3v) is 3.47. The lowest BCUT2D eigenvalue weighted by atomic mass is 10.0. The Morgan fingerprint density at radius 2 is 2.00 bits per heavy atom. The summed E-state index contributed by atoms with van der Waals surface area (Å²) in [5, 5.41) is 8.94. The lowest BCUT2D eigenvalue weighted by molar-refractivity contribution is 0.573. The van der Waals surface area contributed by atoms with Crippen LogP contribution in [0, 0.1) is 0 Å². The van der Waals surface area contributed by atoms with E-state index in [9.17, 15) is 0 Å². The molecule has 3 nitrogen and oxygen atoms in total. The van der Waals surface area contributed by atoms with Crippen molar-refractivity contribution < 1.29 is 0 Å². The van der Waals surface area contributed by atoms with Crippen molar-refractivity contribution in [3.8, 4) is 0 Å². The molecule has 0 aliphatic carbocycles. The predicted octanol–water partition coefficient (Wildman–Crippen LogP) is 3.43. The van der Waals surface area contributed by atoms with Crippen LogP contribution in [0.2, 0.25) is 10.0 Å². The molecule has 0 aliphatic rings. The van der Waals surface area contributed by atoms with E-state index in [1.165, 1.54) is 0 Å². The van der Waals surface area contributed by atoms with E-state index in [0.29, 0.717) is 5.02 Å². The number of rotatable bonds is 4. The minimum atomic E-state index is -0.0521. The van der Waals surface area contributed by atoms with E-state index in [4.69, 9.17) is 23.2 Å². The molecular weight excluding hydrogens is 269 g/mol. The van der Waals surface area contributed by atoms with Crippen LogP contribution >= 0.6 is 23.2 Å². The van der Waals surface area contributed by atoms with Crippen LogP contribution in [0.1, 0.15) is 24.2 Å². The van der Waals surface area contributed by atoms with Crippen LogP contribution < -0.4 is 5.32 Å². The van der Waals surface area contributed by atoms with Crippen LogP contribution in [-0.4, -0.2) is 16.3 Å². The maximum absolute atomic E-state index is 6.26. The van der Waals surface area contributed by atoms with Crippen molar-refractivity contribution >= 4 is 23.2 Å². The number of halogens is 2. The number of aryl methyl sites for hydroxylation is 1. The van der Waals surface area contributed by atoms with Crippen LogP contribution in [0.3, 0.4) is 0 Å². The summed E-state index contributed by atoms with van der Waals surface area (Å²) in [6, 6.07) is 7.71. The third-order valence-electron chi connectivity index (χ3n) is 2.84. The maximum atomic E-state index is 6.26. The molecule has 0 saturated heterocycles. The Morgan fingerprint density at radius 3 is 2.56 bits per heavy atom. The highest BCUT2D eigenvalue weighted by Crippen LogP contribution is 2.31. The van der Waals surface area contributed by atoms with E-state index in [-0.39, 0.29) is 6.04 Å². The molecule has 0 fully saturated rings. The van der Waals surface area contributed by atoms with E-state index in [1.807, 2.05) is 38.2 Å². The van der Waals surface area contributed by atoms with Crippen LogP contribution in [0.4, 0.5) is 0 Å². The Labute approximate surface area is 117 Å². The fourth-order valence-corrected chi connectivity index (χ4v) is 2.53. The van der Waals surface area contributed by atoms with Crippen molar-refractivity contribution in [2.75, 3.05) is 6.54 Å². The van der Waals surface area contributed by atoms with Crippen molar-refractivity contribution in [1.82, 2.24) is 15.1 Å². The summed E-state index contributed by atoms with van der Waals surface area (Å²) in [5.41, 5.74) is 1.93. The van der Waals surface area contributed by atoms with Crippen molar-refractivity contribution in [2.24, 2.45) is 7.05 Å². The van der Waals surface area contributed by atoms with Gasteiger partial charge in [0.15, 0.2) is 0 Å². The fourth-order valence-electron chi connectivity index (χ4n) is 2.01. The highest BCUT2D eigenvalue weighted by molar-refractivity contribution is 6.32. The summed E-state index contributed by atoms with van der Waals surface area (Å²) in [7, 11) is 1.88. The Balaban J connectivity index is 2.50. The lowest BCUT2D eigenvalue weighted by Crippen LogP contribution is -2.24. The lowest BCUT2D eigenvalue weighted by Gasteiger charge is -2.20. The summed E-state index contributed by atoms with van der Waals surface area (Å²) in [4.78, 5) is 0. The molecule has 1 N–H and O–H groups in total. The molecule has 96 valence electrons. The van der Waals surface area contributed by atoms with Gasteiger partial charge in [0.2, 0.25) is 0 Å². The maximum Gasteiger partial charge on any atom is 0.0837 e. The SMILES string of the molecule is CCNC(c1ccccc1Cl)c1c(Cl)cnn1C. The van der Waals surface area contributed by atoms with E-state index < -0.39 is 0 Å². The summed E-state index contributed by atoms with van der Waals surface area (Å²) >= 11 is 12.5. The zero-order valence-corrected chi connectivity index (χ0v) is 11.8. The Bertz CT molecular complexity index is 517. The van der Waals surface area contributed by atoms with Crippen LogP contribution in [0.25, 0.3) is 0 Å². The van der Waals surface area contributed by atoms with Crippen molar-refractivity contribution in [3.63, 3.8) is 0 Å². The molecule has 1 aromatic carbocycles. The molecule has 0 radical (unpaired) electrons. The number of hydrogen-bond donors (Lipinski definition) is 1. The van der Waals surface area contributed by atoms with Crippen LogP contribution in [0.5, 0.6) is 0 Å². The number of nitrogens with zero attached hydrogens (tertiary/aromatic N) is 2. The molecule has 1 unspecified atom stereocenters. The second-order valence-electron chi connectivity index (χ2n) is 4.01. The van der Waals surface area contributed by atoms with Gasteiger partial charge in [-0.25, -0.2) is 0 Å². The molecule has 0 spiro atoms. The zero-order chi connectivity index (χ0) is 13.1. The minimum Gasteiger partial charge on any atom is -0.305 e. The van der Waals surface area contributed by atoms with E-state index in [2.05, 4.69) is 10.4 Å². The summed E-state index contributed by atoms with van der Waals surface area (Å²) in [6.07, 6.45) is 1.65. The van der Waals surface area contributed by atoms with Crippen molar-refractivity contribution in [3.05, 3.63) is 51.8 Å². The first kappa shape index (κ1) is 13.4. The fraction of sp³-hybridized carbons (Fsp3) is 0.308. The van der Waals surface area contributed by atoms with Gasteiger partial charge >= 0.3 is 0 Å². The Kier molecular flexibility index (Phi) is 4.27. The van der Waals surface area contributed by atoms with Crippen molar-refractivity contribution in [1.29, 1.82) is 0 Å². The van der Waals surface area contributed by atoms with Gasteiger partial charge in [-0.1, -0.05) is 48.3 Å². The molecule has 1 heterocycles.